The van der Waals surface area contributed by atoms with Crippen LogP contribution in [0.2, 0.25) is 0 Å². The van der Waals surface area contributed by atoms with Gasteiger partial charge in [-0.15, -0.1) is 0 Å². The molecular weight excluding hydrogens is 444 g/mol. The van der Waals surface area contributed by atoms with Gasteiger partial charge < -0.3 is 20.3 Å². The van der Waals surface area contributed by atoms with Gasteiger partial charge in [0, 0.05) is 30.5 Å². The molecule has 2 aromatic heterocycles. The molecule has 4 N–H and O–H groups in total. The lowest BCUT2D eigenvalue weighted by Gasteiger charge is -2.32. The van der Waals surface area contributed by atoms with Crippen LogP contribution in [0, 0.1) is 6.92 Å². The van der Waals surface area contributed by atoms with E-state index in [9.17, 15) is 0 Å². The van der Waals surface area contributed by atoms with Crippen LogP contribution < -0.4 is 20.3 Å². The van der Waals surface area contributed by atoms with E-state index in [1.54, 1.807) is 0 Å². The van der Waals surface area contributed by atoms with Crippen LogP contribution in [0.15, 0.2) is 36.7 Å². The molecule has 0 bridgehead atoms. The predicted octanol–water partition coefficient (Wildman–Crippen LogP) is 5.29. The maximum absolute atomic E-state index is 6.00. The second kappa shape index (κ2) is 12.9. The van der Waals surface area contributed by atoms with E-state index in [0.717, 1.165) is 61.7 Å². The molecule has 0 unspecified atom stereocenters. The highest BCUT2D eigenvalue weighted by Crippen LogP contribution is 2.36. The molecule has 9 heteroatoms. The Hall–Kier alpha value is -3.43. The SMILES string of the molecule is CC.CCCc1ccc(Nc2ncc3c(n2)CN(c2cnc4c(c2C)NCCO4)CC3)cc1.OO. The number of nitrogens with one attached hydrogen (secondary N) is 2. The summed E-state index contributed by atoms with van der Waals surface area (Å²) >= 11 is 0. The zero-order chi connectivity index (χ0) is 25.2. The molecule has 0 spiro atoms. The van der Waals surface area contributed by atoms with Crippen LogP contribution in [0.25, 0.3) is 0 Å². The molecule has 0 amide bonds. The van der Waals surface area contributed by atoms with Gasteiger partial charge in [-0.25, -0.2) is 15.0 Å². The Labute approximate surface area is 207 Å². The molecule has 0 atom stereocenters. The number of anilines is 4. The summed E-state index contributed by atoms with van der Waals surface area (Å²) in [5.74, 6) is 1.34. The molecular formula is C26H36N6O3. The molecule has 2 aliphatic rings. The van der Waals surface area contributed by atoms with Gasteiger partial charge in [0.05, 0.1) is 24.1 Å². The van der Waals surface area contributed by atoms with Crippen molar-refractivity contribution in [3.05, 3.63) is 59.0 Å². The Morgan fingerprint density at radius 1 is 1.11 bits per heavy atom. The predicted molar refractivity (Wildman–Crippen MR) is 140 cm³/mol. The number of ether oxygens (including phenoxy) is 1. The molecule has 188 valence electrons. The first kappa shape index (κ1) is 26.2. The quantitative estimate of drug-likeness (QED) is 0.286. The van der Waals surface area contributed by atoms with E-state index in [0.29, 0.717) is 18.4 Å². The number of hydrogen-bond acceptors (Lipinski definition) is 9. The fraction of sp³-hybridized carbons (Fsp3) is 0.423. The highest BCUT2D eigenvalue weighted by Gasteiger charge is 2.24. The zero-order valence-corrected chi connectivity index (χ0v) is 21.0. The second-order valence-corrected chi connectivity index (χ2v) is 8.13. The summed E-state index contributed by atoms with van der Waals surface area (Å²) in [6.45, 7) is 11.5. The van der Waals surface area contributed by atoms with Gasteiger partial charge in [-0.3, -0.25) is 10.5 Å². The first-order valence-corrected chi connectivity index (χ1v) is 12.2. The lowest BCUT2D eigenvalue weighted by atomic mass is 10.0. The lowest BCUT2D eigenvalue weighted by Crippen LogP contribution is -2.32. The summed E-state index contributed by atoms with van der Waals surface area (Å²) in [6.07, 6.45) is 7.05. The van der Waals surface area contributed by atoms with E-state index >= 15 is 0 Å². The fourth-order valence-corrected chi connectivity index (χ4v) is 4.27. The highest BCUT2D eigenvalue weighted by atomic mass is 17.0. The van der Waals surface area contributed by atoms with Crippen LogP contribution in [0.3, 0.4) is 0 Å². The third-order valence-corrected chi connectivity index (χ3v) is 5.96. The van der Waals surface area contributed by atoms with E-state index in [1.807, 2.05) is 26.2 Å². The summed E-state index contributed by atoms with van der Waals surface area (Å²) in [7, 11) is 0. The summed E-state index contributed by atoms with van der Waals surface area (Å²) in [5, 5.41) is 18.8. The number of aromatic nitrogens is 3. The Morgan fingerprint density at radius 3 is 2.63 bits per heavy atom. The van der Waals surface area contributed by atoms with Crippen molar-refractivity contribution in [2.24, 2.45) is 0 Å². The number of nitrogens with zero attached hydrogens (tertiary/aromatic N) is 4. The van der Waals surface area contributed by atoms with E-state index < -0.39 is 0 Å². The normalized spacial score (nSPS) is 13.5. The fourth-order valence-electron chi connectivity index (χ4n) is 4.27. The molecule has 0 saturated heterocycles. The van der Waals surface area contributed by atoms with Crippen LogP contribution in [0.4, 0.5) is 23.0 Å². The average molecular weight is 481 g/mol. The van der Waals surface area contributed by atoms with Gasteiger partial charge in [0.1, 0.15) is 12.3 Å². The van der Waals surface area contributed by atoms with Crippen molar-refractivity contribution in [3.8, 4) is 5.88 Å². The molecule has 35 heavy (non-hydrogen) atoms. The van der Waals surface area contributed by atoms with Crippen molar-refractivity contribution in [2.75, 3.05) is 35.2 Å². The van der Waals surface area contributed by atoms with E-state index in [1.165, 1.54) is 16.7 Å². The summed E-state index contributed by atoms with van der Waals surface area (Å²) in [6, 6.07) is 8.51. The smallest absolute Gasteiger partial charge is 0.237 e. The van der Waals surface area contributed by atoms with Crippen LogP contribution in [0.1, 0.15) is 49.6 Å². The number of pyridine rings is 1. The first-order valence-electron chi connectivity index (χ1n) is 12.2. The van der Waals surface area contributed by atoms with Gasteiger partial charge in [0.2, 0.25) is 11.8 Å². The summed E-state index contributed by atoms with van der Waals surface area (Å²) < 4.78 is 5.68. The number of aryl methyl sites for hydroxylation is 1. The maximum Gasteiger partial charge on any atom is 0.237 e. The number of benzene rings is 1. The van der Waals surface area contributed by atoms with Crippen molar-refractivity contribution in [2.45, 2.75) is 53.5 Å². The zero-order valence-electron chi connectivity index (χ0n) is 21.0. The summed E-state index contributed by atoms with van der Waals surface area (Å²) in [4.78, 5) is 16.3. The maximum atomic E-state index is 6.00. The third kappa shape index (κ3) is 6.17. The molecule has 5 rings (SSSR count). The molecule has 0 fully saturated rings. The molecule has 3 aromatic rings. The van der Waals surface area contributed by atoms with Gasteiger partial charge in [0.25, 0.3) is 0 Å². The van der Waals surface area contributed by atoms with Crippen molar-refractivity contribution in [1.82, 2.24) is 15.0 Å². The van der Waals surface area contributed by atoms with Crippen LogP contribution >= 0.6 is 0 Å². The van der Waals surface area contributed by atoms with E-state index in [-0.39, 0.29) is 0 Å². The molecule has 1 aromatic carbocycles. The number of hydrogen-bond donors (Lipinski definition) is 4. The van der Waals surface area contributed by atoms with Gasteiger partial charge in [-0.05, 0) is 43.0 Å². The lowest BCUT2D eigenvalue weighted by molar-refractivity contribution is -0.176. The van der Waals surface area contributed by atoms with Crippen LogP contribution in [-0.4, -0.2) is 45.2 Å². The first-order chi connectivity index (χ1) is 17.2. The monoisotopic (exact) mass is 480 g/mol. The number of rotatable bonds is 5. The van der Waals surface area contributed by atoms with Gasteiger partial charge in [-0.1, -0.05) is 39.3 Å². The standard InChI is InChI=1S/C24H28N6O.C2H6.H2O2/c1-3-4-17-5-7-19(8-6-17)28-24-27-13-18-9-11-30(15-20(18)29-24)21-14-26-23-22(16(21)2)25-10-12-31-23;2*1-2/h5-8,13-14,25H,3-4,9-12,15H2,1-2H3,(H,27,28,29);1-2H3;1-2H. The molecule has 4 heterocycles. The molecule has 0 radical (unpaired) electrons. The minimum atomic E-state index is 0.638. The molecule has 0 saturated carbocycles. The van der Waals surface area contributed by atoms with Gasteiger partial charge >= 0.3 is 0 Å². The highest BCUT2D eigenvalue weighted by molar-refractivity contribution is 5.70. The topological polar surface area (TPSA) is 116 Å². The van der Waals surface area contributed by atoms with Crippen molar-refractivity contribution in [3.63, 3.8) is 0 Å². The third-order valence-electron chi connectivity index (χ3n) is 5.96. The van der Waals surface area contributed by atoms with Gasteiger partial charge in [0.15, 0.2) is 0 Å². The van der Waals surface area contributed by atoms with E-state index in [4.69, 9.17) is 20.2 Å². The second-order valence-electron chi connectivity index (χ2n) is 8.13. The Bertz CT molecular complexity index is 1090. The minimum absolute atomic E-state index is 0.638. The molecule has 2 aliphatic heterocycles. The van der Waals surface area contributed by atoms with E-state index in [2.05, 4.69) is 63.6 Å². The van der Waals surface area contributed by atoms with Crippen molar-refractivity contribution >= 4 is 23.0 Å². The Balaban J connectivity index is 0.000000815. The van der Waals surface area contributed by atoms with Gasteiger partial charge in [-0.2, -0.15) is 0 Å². The number of fused-ring (bicyclic) bond motifs is 2. The Morgan fingerprint density at radius 2 is 1.89 bits per heavy atom. The average Bonchev–Trinajstić information content (AvgIpc) is 2.92. The largest absolute Gasteiger partial charge is 0.474 e. The van der Waals surface area contributed by atoms with Crippen LogP contribution in [-0.2, 0) is 19.4 Å². The molecule has 0 aliphatic carbocycles. The van der Waals surface area contributed by atoms with Crippen LogP contribution in [0.5, 0.6) is 5.88 Å². The Kier molecular flexibility index (Phi) is 9.63. The minimum Gasteiger partial charge on any atom is -0.474 e. The van der Waals surface area contributed by atoms with Crippen molar-refractivity contribution < 1.29 is 15.3 Å². The summed E-state index contributed by atoms with van der Waals surface area (Å²) in [5.41, 5.74) is 7.94. The van der Waals surface area contributed by atoms with Crippen molar-refractivity contribution in [1.29, 1.82) is 0 Å². The molecule has 9 nitrogen and oxygen atoms in total.